The molecule has 90 valence electrons. The van der Waals surface area contributed by atoms with Gasteiger partial charge in [0.15, 0.2) is 6.54 Å². The lowest BCUT2D eigenvalue weighted by molar-refractivity contribution is -0.647. The van der Waals surface area contributed by atoms with Crippen LogP contribution in [0, 0.1) is 0 Å². The minimum atomic E-state index is 0.839. The third kappa shape index (κ3) is 1.11. The summed E-state index contributed by atoms with van der Waals surface area (Å²) in [6, 6.07) is 4.05. The van der Waals surface area contributed by atoms with E-state index in [2.05, 4.69) is 14.5 Å². The zero-order valence-electron chi connectivity index (χ0n) is 9.83. The second-order valence-corrected chi connectivity index (χ2v) is 5.67. The van der Waals surface area contributed by atoms with Crippen molar-refractivity contribution in [3.05, 3.63) is 42.5 Å². The molecule has 4 aromatic heterocycles. The summed E-state index contributed by atoms with van der Waals surface area (Å²) in [4.78, 5) is 9.55. The molecule has 0 N–H and O–H groups in total. The van der Waals surface area contributed by atoms with Gasteiger partial charge < -0.3 is 4.42 Å². The average Bonchev–Trinajstić information content (AvgIpc) is 3.07. The SMILES string of the molecule is c1cc2c(cn1)C[n+]1c-2oc2c3cnccc3sc21. The molecule has 0 amide bonds. The number of aromatic nitrogens is 3. The fourth-order valence-corrected chi connectivity index (χ4v) is 3.80. The first-order chi connectivity index (χ1) is 9.42. The third-order valence-corrected chi connectivity index (χ3v) is 4.75. The smallest absolute Gasteiger partial charge is 0.383 e. The maximum Gasteiger partial charge on any atom is 0.383 e. The lowest BCUT2D eigenvalue weighted by atomic mass is 10.2. The van der Waals surface area contributed by atoms with E-state index in [1.165, 1.54) is 15.1 Å². The maximum absolute atomic E-state index is 6.10. The molecule has 5 heteroatoms. The van der Waals surface area contributed by atoms with Crippen LogP contribution in [0.2, 0.25) is 0 Å². The van der Waals surface area contributed by atoms with Gasteiger partial charge in [-0.3, -0.25) is 9.97 Å². The quantitative estimate of drug-likeness (QED) is 0.405. The highest BCUT2D eigenvalue weighted by Gasteiger charge is 2.35. The van der Waals surface area contributed by atoms with E-state index in [0.717, 1.165) is 29.0 Å². The highest BCUT2D eigenvalue weighted by Crippen LogP contribution is 2.37. The monoisotopic (exact) mass is 266 g/mol. The largest absolute Gasteiger partial charge is 0.396 e. The molecule has 4 aromatic rings. The molecule has 1 aliphatic rings. The summed E-state index contributed by atoms with van der Waals surface area (Å²) in [5.41, 5.74) is 3.32. The maximum atomic E-state index is 6.10. The van der Waals surface area contributed by atoms with Crippen LogP contribution in [0.5, 0.6) is 0 Å². The van der Waals surface area contributed by atoms with Crippen LogP contribution in [-0.4, -0.2) is 9.97 Å². The van der Waals surface area contributed by atoms with Crippen molar-refractivity contribution in [1.29, 1.82) is 0 Å². The van der Waals surface area contributed by atoms with Gasteiger partial charge in [0.25, 0.3) is 0 Å². The topological polar surface area (TPSA) is 42.8 Å². The van der Waals surface area contributed by atoms with E-state index in [-0.39, 0.29) is 0 Å². The van der Waals surface area contributed by atoms with Gasteiger partial charge in [-0.1, -0.05) is 11.3 Å². The van der Waals surface area contributed by atoms with Crippen molar-refractivity contribution in [3.63, 3.8) is 0 Å². The zero-order valence-corrected chi connectivity index (χ0v) is 10.6. The van der Waals surface area contributed by atoms with E-state index in [0.29, 0.717) is 0 Å². The first-order valence-electron chi connectivity index (χ1n) is 6.04. The molecule has 0 aliphatic carbocycles. The Bertz CT molecular complexity index is 954. The van der Waals surface area contributed by atoms with E-state index >= 15 is 0 Å². The lowest BCUT2D eigenvalue weighted by Crippen LogP contribution is -2.29. The normalized spacial score (nSPS) is 13.1. The molecule has 0 bridgehead atoms. The molecule has 0 fully saturated rings. The van der Waals surface area contributed by atoms with Gasteiger partial charge in [0, 0.05) is 29.5 Å². The summed E-state index contributed by atoms with van der Waals surface area (Å²) in [5, 5.41) is 1.10. The van der Waals surface area contributed by atoms with Crippen molar-refractivity contribution in [2.75, 3.05) is 0 Å². The number of fused-ring (bicyclic) bond motifs is 7. The number of hydrogen-bond donors (Lipinski definition) is 0. The van der Waals surface area contributed by atoms with Crippen LogP contribution < -0.4 is 4.57 Å². The third-order valence-electron chi connectivity index (χ3n) is 3.58. The van der Waals surface area contributed by atoms with Crippen LogP contribution in [0.25, 0.3) is 32.0 Å². The number of rotatable bonds is 0. The molecule has 5 heterocycles. The van der Waals surface area contributed by atoms with E-state index in [9.17, 15) is 0 Å². The Balaban J connectivity index is 1.93. The zero-order chi connectivity index (χ0) is 12.4. The Morgan fingerprint density at radius 1 is 1.16 bits per heavy atom. The van der Waals surface area contributed by atoms with Gasteiger partial charge in [-0.15, -0.1) is 4.57 Å². The van der Waals surface area contributed by atoms with Gasteiger partial charge in [-0.05, 0) is 12.1 Å². The van der Waals surface area contributed by atoms with Gasteiger partial charge in [-0.25, -0.2) is 0 Å². The van der Waals surface area contributed by atoms with Crippen LogP contribution in [0.4, 0.5) is 0 Å². The summed E-state index contributed by atoms with van der Waals surface area (Å²) in [7, 11) is 0. The van der Waals surface area contributed by atoms with Crippen LogP contribution in [-0.2, 0) is 6.54 Å². The molecule has 0 unspecified atom stereocenters. The Labute approximate surface area is 112 Å². The molecule has 4 nitrogen and oxygen atoms in total. The van der Waals surface area contributed by atoms with Gasteiger partial charge >= 0.3 is 10.7 Å². The number of nitrogens with zero attached hydrogens (tertiary/aromatic N) is 3. The predicted molar refractivity (Wildman–Crippen MR) is 71.9 cm³/mol. The molecule has 19 heavy (non-hydrogen) atoms. The molecule has 1 aliphatic heterocycles. The molecule has 0 spiro atoms. The molecule has 0 saturated carbocycles. The van der Waals surface area contributed by atoms with Crippen molar-refractivity contribution in [3.8, 4) is 11.5 Å². The summed E-state index contributed by atoms with van der Waals surface area (Å²) in [6.45, 7) is 0.839. The highest BCUT2D eigenvalue weighted by atomic mass is 32.1. The number of thiophene rings is 1. The molecular weight excluding hydrogens is 258 g/mol. The first-order valence-corrected chi connectivity index (χ1v) is 6.85. The van der Waals surface area contributed by atoms with Gasteiger partial charge in [0.2, 0.25) is 5.58 Å². The highest BCUT2D eigenvalue weighted by molar-refractivity contribution is 7.25. The molecule has 0 atom stereocenters. The standard InChI is InChI=1S/C14H8N3OS/c1-3-15-5-8-7-17-13(9(1)8)18-12-10-6-16-4-2-11(10)19-14(12)17/h1-6H,7H2/q+1. The second-order valence-electron chi connectivity index (χ2n) is 4.63. The summed E-state index contributed by atoms with van der Waals surface area (Å²) in [6.07, 6.45) is 7.42. The van der Waals surface area contributed by atoms with E-state index in [1.807, 2.05) is 36.9 Å². The number of hydrogen-bond acceptors (Lipinski definition) is 4. The van der Waals surface area contributed by atoms with Gasteiger partial charge in [0.1, 0.15) is 0 Å². The van der Waals surface area contributed by atoms with Crippen LogP contribution >= 0.6 is 11.3 Å². The van der Waals surface area contributed by atoms with E-state index in [4.69, 9.17) is 4.42 Å². The Morgan fingerprint density at radius 3 is 3.05 bits per heavy atom. The van der Waals surface area contributed by atoms with Gasteiger partial charge in [-0.2, -0.15) is 0 Å². The fourth-order valence-electron chi connectivity index (χ4n) is 2.70. The Morgan fingerprint density at radius 2 is 2.05 bits per heavy atom. The van der Waals surface area contributed by atoms with Crippen molar-refractivity contribution in [2.24, 2.45) is 0 Å². The van der Waals surface area contributed by atoms with Crippen molar-refractivity contribution in [1.82, 2.24) is 9.97 Å². The minimum absolute atomic E-state index is 0.839. The van der Waals surface area contributed by atoms with Crippen LogP contribution in [0.15, 0.2) is 41.3 Å². The lowest BCUT2D eigenvalue weighted by Gasteiger charge is -1.88. The number of oxazole rings is 1. The number of pyridine rings is 2. The summed E-state index contributed by atoms with van der Waals surface area (Å²) >= 11 is 1.75. The Hall–Kier alpha value is -2.27. The van der Waals surface area contributed by atoms with Crippen LogP contribution in [0.3, 0.4) is 0 Å². The van der Waals surface area contributed by atoms with E-state index < -0.39 is 0 Å². The molecule has 0 aromatic carbocycles. The Kier molecular flexibility index (Phi) is 1.62. The van der Waals surface area contributed by atoms with Crippen molar-refractivity contribution in [2.45, 2.75) is 6.54 Å². The first kappa shape index (κ1) is 9.63. The molecule has 0 saturated heterocycles. The van der Waals surface area contributed by atoms with Crippen molar-refractivity contribution >= 4 is 31.8 Å². The molecular formula is C14H8N3OS+. The minimum Gasteiger partial charge on any atom is -0.396 e. The van der Waals surface area contributed by atoms with E-state index in [1.54, 1.807) is 11.3 Å². The van der Waals surface area contributed by atoms with Crippen LogP contribution in [0.1, 0.15) is 5.56 Å². The predicted octanol–water partition coefficient (Wildman–Crippen LogP) is 2.75. The van der Waals surface area contributed by atoms with Gasteiger partial charge in [0.05, 0.1) is 16.5 Å². The fraction of sp³-hybridized carbons (Fsp3) is 0.0714. The second kappa shape index (κ2) is 3.19. The summed E-state index contributed by atoms with van der Waals surface area (Å²) in [5.74, 6) is 0.935. The average molecular weight is 266 g/mol. The molecule has 0 radical (unpaired) electrons. The summed E-state index contributed by atoms with van der Waals surface area (Å²) < 4.78 is 9.54. The molecule has 5 rings (SSSR count). The van der Waals surface area contributed by atoms with Crippen molar-refractivity contribution < 1.29 is 8.98 Å².